The largest absolute Gasteiger partial charge is 0.308 e. The maximum absolute atomic E-state index is 5.52. The van der Waals surface area contributed by atoms with Crippen LogP contribution in [0.5, 0.6) is 0 Å². The minimum Gasteiger partial charge on any atom is -0.308 e. The molecule has 0 spiro atoms. The highest BCUT2D eigenvalue weighted by Gasteiger charge is 2.18. The second kappa shape index (κ2) is 5.17. The molecular formula is C15H21N5. The Morgan fingerprint density at radius 2 is 1.55 bits per heavy atom. The third-order valence-corrected chi connectivity index (χ3v) is 2.98. The number of nitrogen functional groups attached to an aromatic ring is 1. The minimum absolute atomic E-state index is 0.0690. The summed E-state index contributed by atoms with van der Waals surface area (Å²) in [5, 5.41) is 0. The first kappa shape index (κ1) is 14.4. The zero-order chi connectivity index (χ0) is 14.9. The van der Waals surface area contributed by atoms with Crippen LogP contribution in [0, 0.1) is 13.8 Å². The van der Waals surface area contributed by atoms with Crippen molar-refractivity contribution in [1.29, 1.82) is 0 Å². The summed E-state index contributed by atoms with van der Waals surface area (Å²) in [5.41, 5.74) is 6.35. The Hall–Kier alpha value is -2.01. The van der Waals surface area contributed by atoms with E-state index in [-0.39, 0.29) is 5.41 Å². The zero-order valence-electron chi connectivity index (χ0n) is 12.7. The van der Waals surface area contributed by atoms with Gasteiger partial charge in [0.2, 0.25) is 0 Å². The van der Waals surface area contributed by atoms with Crippen molar-refractivity contribution in [3.05, 3.63) is 35.3 Å². The average molecular weight is 271 g/mol. The standard InChI is InChI=1S/C15H21N5/c1-9-6-11(7-10(2)17-9)14-18-12(15(3,4)5)8-13(19-14)20-16/h6-8H,16H2,1-5H3,(H,18,19,20). The first-order valence-corrected chi connectivity index (χ1v) is 6.61. The Morgan fingerprint density at radius 3 is 2.05 bits per heavy atom. The van der Waals surface area contributed by atoms with Crippen LogP contribution in [0.15, 0.2) is 18.2 Å². The van der Waals surface area contributed by atoms with E-state index in [0.717, 1.165) is 22.6 Å². The smallest absolute Gasteiger partial charge is 0.161 e. The van der Waals surface area contributed by atoms with Gasteiger partial charge in [-0.1, -0.05) is 20.8 Å². The Labute approximate surface area is 119 Å². The summed E-state index contributed by atoms with van der Waals surface area (Å²) in [4.78, 5) is 13.5. The maximum atomic E-state index is 5.52. The predicted molar refractivity (Wildman–Crippen MR) is 81.2 cm³/mol. The third kappa shape index (κ3) is 3.11. The molecule has 3 N–H and O–H groups in total. The molecule has 2 aromatic heterocycles. The Bertz CT molecular complexity index is 608. The number of nitrogens with two attached hydrogens (primary N) is 1. The molecule has 0 unspecified atom stereocenters. The molecule has 0 saturated heterocycles. The first-order chi connectivity index (χ1) is 9.29. The van der Waals surface area contributed by atoms with E-state index in [0.29, 0.717) is 11.6 Å². The van der Waals surface area contributed by atoms with Crippen LogP contribution in [0.25, 0.3) is 11.4 Å². The minimum atomic E-state index is -0.0690. The molecule has 0 bridgehead atoms. The molecule has 2 heterocycles. The zero-order valence-corrected chi connectivity index (χ0v) is 12.7. The molecule has 0 aliphatic rings. The van der Waals surface area contributed by atoms with Gasteiger partial charge in [0.25, 0.3) is 0 Å². The second-order valence-electron chi connectivity index (χ2n) is 5.99. The fourth-order valence-electron chi connectivity index (χ4n) is 2.00. The Morgan fingerprint density at radius 1 is 0.950 bits per heavy atom. The van der Waals surface area contributed by atoms with Crippen molar-refractivity contribution in [3.63, 3.8) is 0 Å². The summed E-state index contributed by atoms with van der Waals surface area (Å²) in [6.45, 7) is 10.3. The van der Waals surface area contributed by atoms with Crippen LogP contribution in [0.1, 0.15) is 37.9 Å². The molecule has 0 radical (unpaired) electrons. The van der Waals surface area contributed by atoms with Crippen LogP contribution in [0.2, 0.25) is 0 Å². The van der Waals surface area contributed by atoms with Crippen molar-refractivity contribution in [2.75, 3.05) is 5.43 Å². The monoisotopic (exact) mass is 271 g/mol. The van der Waals surface area contributed by atoms with Gasteiger partial charge in [-0.25, -0.2) is 15.8 Å². The Balaban J connectivity index is 2.61. The number of nitrogens with zero attached hydrogens (tertiary/aromatic N) is 3. The topological polar surface area (TPSA) is 76.7 Å². The quantitative estimate of drug-likeness (QED) is 0.648. The number of nitrogens with one attached hydrogen (secondary N) is 1. The molecule has 2 rings (SSSR count). The van der Waals surface area contributed by atoms with Gasteiger partial charge in [-0.15, -0.1) is 0 Å². The van der Waals surface area contributed by atoms with E-state index >= 15 is 0 Å². The summed E-state index contributed by atoms with van der Waals surface area (Å²) >= 11 is 0. The van der Waals surface area contributed by atoms with Gasteiger partial charge in [-0.05, 0) is 26.0 Å². The lowest BCUT2D eigenvalue weighted by Crippen LogP contribution is -2.17. The van der Waals surface area contributed by atoms with Crippen LogP contribution in [0.4, 0.5) is 5.82 Å². The highest BCUT2D eigenvalue weighted by molar-refractivity contribution is 5.58. The normalized spacial score (nSPS) is 11.5. The van der Waals surface area contributed by atoms with Gasteiger partial charge >= 0.3 is 0 Å². The number of rotatable bonds is 2. The van der Waals surface area contributed by atoms with Crippen LogP contribution in [0.3, 0.4) is 0 Å². The SMILES string of the molecule is Cc1cc(-c2nc(NN)cc(C(C)(C)C)n2)cc(C)n1. The summed E-state index contributed by atoms with van der Waals surface area (Å²) in [6, 6.07) is 5.84. The molecule has 0 atom stereocenters. The average Bonchev–Trinajstić information content (AvgIpc) is 2.36. The summed E-state index contributed by atoms with van der Waals surface area (Å²) in [6.07, 6.45) is 0. The number of hydrogen-bond donors (Lipinski definition) is 2. The van der Waals surface area contributed by atoms with E-state index in [4.69, 9.17) is 5.84 Å². The van der Waals surface area contributed by atoms with Gasteiger partial charge in [-0.2, -0.15) is 0 Å². The van der Waals surface area contributed by atoms with E-state index in [1.807, 2.05) is 32.0 Å². The molecule has 0 amide bonds. The van der Waals surface area contributed by atoms with Gasteiger partial charge in [0, 0.05) is 28.4 Å². The fourth-order valence-corrected chi connectivity index (χ4v) is 2.00. The summed E-state index contributed by atoms with van der Waals surface area (Å²) < 4.78 is 0. The van der Waals surface area contributed by atoms with Crippen molar-refractivity contribution < 1.29 is 0 Å². The highest BCUT2D eigenvalue weighted by atomic mass is 15.3. The lowest BCUT2D eigenvalue weighted by atomic mass is 9.92. The van der Waals surface area contributed by atoms with Crippen LogP contribution in [-0.2, 0) is 5.41 Å². The predicted octanol–water partition coefficient (Wildman–Crippen LogP) is 2.74. The lowest BCUT2D eigenvalue weighted by molar-refractivity contribution is 0.568. The molecule has 0 aliphatic heterocycles. The lowest BCUT2D eigenvalue weighted by Gasteiger charge is -2.19. The second-order valence-corrected chi connectivity index (χ2v) is 5.99. The number of hydrazine groups is 1. The van der Waals surface area contributed by atoms with E-state index in [1.54, 1.807) is 0 Å². The van der Waals surface area contributed by atoms with Crippen molar-refractivity contribution in [2.24, 2.45) is 5.84 Å². The maximum Gasteiger partial charge on any atom is 0.161 e. The van der Waals surface area contributed by atoms with E-state index in [9.17, 15) is 0 Å². The number of aromatic nitrogens is 3. The molecule has 106 valence electrons. The number of aryl methyl sites for hydroxylation is 2. The Kier molecular flexibility index (Phi) is 3.72. The van der Waals surface area contributed by atoms with E-state index in [2.05, 4.69) is 41.1 Å². The van der Waals surface area contributed by atoms with Gasteiger partial charge in [-0.3, -0.25) is 4.98 Å². The first-order valence-electron chi connectivity index (χ1n) is 6.61. The van der Waals surface area contributed by atoms with Gasteiger partial charge < -0.3 is 5.43 Å². The van der Waals surface area contributed by atoms with Crippen molar-refractivity contribution in [3.8, 4) is 11.4 Å². The van der Waals surface area contributed by atoms with Gasteiger partial charge in [0.05, 0.1) is 5.69 Å². The van der Waals surface area contributed by atoms with Crippen LogP contribution < -0.4 is 11.3 Å². The van der Waals surface area contributed by atoms with E-state index in [1.165, 1.54) is 0 Å². The number of anilines is 1. The molecule has 5 nitrogen and oxygen atoms in total. The van der Waals surface area contributed by atoms with Crippen molar-refractivity contribution in [2.45, 2.75) is 40.0 Å². The van der Waals surface area contributed by atoms with Crippen molar-refractivity contribution in [1.82, 2.24) is 15.0 Å². The number of hydrogen-bond acceptors (Lipinski definition) is 5. The van der Waals surface area contributed by atoms with Gasteiger partial charge in [0.15, 0.2) is 5.82 Å². The molecule has 0 fully saturated rings. The molecule has 5 heteroatoms. The summed E-state index contributed by atoms with van der Waals surface area (Å²) in [5.74, 6) is 6.80. The van der Waals surface area contributed by atoms with Crippen LogP contribution >= 0.6 is 0 Å². The van der Waals surface area contributed by atoms with Crippen molar-refractivity contribution >= 4 is 5.82 Å². The molecule has 2 aromatic rings. The van der Waals surface area contributed by atoms with Crippen LogP contribution in [-0.4, -0.2) is 15.0 Å². The number of pyridine rings is 1. The third-order valence-electron chi connectivity index (χ3n) is 2.98. The fraction of sp³-hybridized carbons (Fsp3) is 0.400. The molecule has 20 heavy (non-hydrogen) atoms. The van der Waals surface area contributed by atoms with E-state index < -0.39 is 0 Å². The summed E-state index contributed by atoms with van der Waals surface area (Å²) in [7, 11) is 0. The molecule has 0 aliphatic carbocycles. The molecule has 0 aromatic carbocycles. The van der Waals surface area contributed by atoms with Gasteiger partial charge in [0.1, 0.15) is 5.82 Å². The molecular weight excluding hydrogens is 250 g/mol. The molecule has 0 saturated carbocycles. The highest BCUT2D eigenvalue weighted by Crippen LogP contribution is 2.26.